The number of rotatable bonds is 6. The molecular weight excluding hydrogens is 277 g/mol. The average Bonchev–Trinajstić information content (AvgIpc) is 1.82. The van der Waals surface area contributed by atoms with Gasteiger partial charge in [-0.1, -0.05) is 0 Å². The Morgan fingerprint density at radius 2 is 1.38 bits per heavy atom. The van der Waals surface area contributed by atoms with Gasteiger partial charge in [0.25, 0.3) is 0 Å². The summed E-state index contributed by atoms with van der Waals surface area (Å²) < 4.78 is 31.9. The summed E-state index contributed by atoms with van der Waals surface area (Å²) in [5.74, 6) is -6.95. The molecule has 0 fully saturated rings. The first-order chi connectivity index (χ1) is 5.83. The van der Waals surface area contributed by atoms with Crippen LogP contribution in [0.15, 0.2) is 0 Å². The highest BCUT2D eigenvalue weighted by Gasteiger charge is 2.34. The van der Waals surface area contributed by atoms with Crippen molar-refractivity contribution in [2.24, 2.45) is 0 Å². The second-order valence-corrected chi connectivity index (χ2v) is 12.9. The minimum absolute atomic E-state index is 0.163. The fraction of sp³-hybridized carbons (Fsp3) is 1.00. The molecule has 0 N–H and O–H groups in total. The lowest BCUT2D eigenvalue weighted by atomic mass is 10.9. The van der Waals surface area contributed by atoms with Crippen LogP contribution in [0.1, 0.15) is 13.8 Å². The summed E-state index contributed by atoms with van der Waals surface area (Å²) in [6.07, 6.45) is 0. The lowest BCUT2D eigenvalue weighted by molar-refractivity contribution is 0.353. The third-order valence-electron chi connectivity index (χ3n) is 0.762. The van der Waals surface area contributed by atoms with Crippen molar-refractivity contribution in [1.29, 1.82) is 0 Å². The van der Waals surface area contributed by atoms with Crippen LogP contribution in [-0.4, -0.2) is 13.2 Å². The highest BCUT2D eigenvalue weighted by molar-refractivity contribution is 8.93. The molecule has 0 spiro atoms. The van der Waals surface area contributed by atoms with Gasteiger partial charge in [-0.05, 0) is 36.3 Å². The minimum Gasteiger partial charge on any atom is -0.310 e. The monoisotopic (exact) mass is 286 g/mol. The molecule has 0 saturated heterocycles. The second-order valence-electron chi connectivity index (χ2n) is 1.78. The Kier molecular flexibility index (Phi) is 6.62. The number of halogens is 2. The van der Waals surface area contributed by atoms with Gasteiger partial charge in [-0.25, -0.2) is 0 Å². The second kappa shape index (κ2) is 6.02. The van der Waals surface area contributed by atoms with Gasteiger partial charge in [-0.2, -0.15) is 0 Å². The molecule has 0 amide bonds. The maximum absolute atomic E-state index is 11.3. The molecule has 0 radical (unpaired) electrons. The molecular formula is C4H10Cl2O4P2S. The summed E-state index contributed by atoms with van der Waals surface area (Å²) in [4.78, 5) is 0. The fourth-order valence-corrected chi connectivity index (χ4v) is 11.8. The van der Waals surface area contributed by atoms with Gasteiger partial charge >= 0.3 is 11.8 Å². The highest BCUT2D eigenvalue weighted by atomic mass is 35.7. The normalized spacial score (nSPS) is 20.6. The van der Waals surface area contributed by atoms with Crippen molar-refractivity contribution in [3.05, 3.63) is 0 Å². The Balaban J connectivity index is 4.25. The standard InChI is InChI=1S/C4H10Cl2O4P2S/c1-3-9-11(5,7)13-12(6,8)10-4-2/h3-4H2,1-2H3. The topological polar surface area (TPSA) is 52.6 Å². The molecule has 4 nitrogen and oxygen atoms in total. The molecule has 13 heavy (non-hydrogen) atoms. The van der Waals surface area contributed by atoms with Gasteiger partial charge < -0.3 is 9.05 Å². The molecule has 0 heterocycles. The summed E-state index contributed by atoms with van der Waals surface area (Å²) >= 11 is 11.2. The molecule has 0 aliphatic carbocycles. The third kappa shape index (κ3) is 7.26. The summed E-state index contributed by atoms with van der Waals surface area (Å²) in [6, 6.07) is 0. The van der Waals surface area contributed by atoms with Gasteiger partial charge in [0.1, 0.15) is 0 Å². The van der Waals surface area contributed by atoms with E-state index in [0.717, 1.165) is 0 Å². The average molecular weight is 287 g/mol. The summed E-state index contributed by atoms with van der Waals surface area (Å²) in [7, 11) is 0. The zero-order chi connectivity index (χ0) is 10.5. The van der Waals surface area contributed by atoms with Crippen molar-refractivity contribution in [3.63, 3.8) is 0 Å². The first kappa shape index (κ1) is 14.3. The summed E-state index contributed by atoms with van der Waals surface area (Å²) in [5.41, 5.74) is 0. The van der Waals surface area contributed by atoms with Gasteiger partial charge in [-0.3, -0.25) is 9.13 Å². The summed E-state index contributed by atoms with van der Waals surface area (Å²) in [6.45, 7) is 3.57. The Morgan fingerprint density at radius 1 is 1.08 bits per heavy atom. The first-order valence-corrected chi connectivity index (χ1v) is 10.5. The van der Waals surface area contributed by atoms with Crippen LogP contribution < -0.4 is 0 Å². The van der Waals surface area contributed by atoms with Crippen LogP contribution in [0.3, 0.4) is 0 Å². The Labute approximate surface area is 90.6 Å². The first-order valence-electron chi connectivity index (χ1n) is 3.43. The smallest absolute Gasteiger partial charge is 0.310 e. The Hall–Kier alpha value is 1.31. The van der Waals surface area contributed by atoms with Crippen molar-refractivity contribution in [2.75, 3.05) is 13.2 Å². The molecule has 9 heteroatoms. The van der Waals surface area contributed by atoms with E-state index < -0.39 is 11.8 Å². The zero-order valence-corrected chi connectivity index (χ0v) is 11.2. The van der Waals surface area contributed by atoms with Crippen molar-refractivity contribution in [2.45, 2.75) is 13.8 Å². The largest absolute Gasteiger partial charge is 0.356 e. The maximum Gasteiger partial charge on any atom is 0.356 e. The fourth-order valence-electron chi connectivity index (χ4n) is 0.472. The van der Waals surface area contributed by atoms with Crippen LogP contribution in [0.2, 0.25) is 0 Å². The lowest BCUT2D eigenvalue weighted by Gasteiger charge is -2.12. The van der Waals surface area contributed by atoms with Crippen LogP contribution >= 0.6 is 45.3 Å². The molecule has 0 aromatic carbocycles. The van der Waals surface area contributed by atoms with E-state index in [1.54, 1.807) is 13.8 Å². The maximum atomic E-state index is 11.3. The molecule has 0 aliphatic rings. The van der Waals surface area contributed by atoms with Crippen LogP contribution in [0.25, 0.3) is 0 Å². The van der Waals surface area contributed by atoms with E-state index in [1.165, 1.54) is 0 Å². The molecule has 2 atom stereocenters. The van der Waals surface area contributed by atoms with Gasteiger partial charge in [0.2, 0.25) is 0 Å². The van der Waals surface area contributed by atoms with Gasteiger partial charge in [0.15, 0.2) is 0 Å². The minimum atomic E-state index is -3.47. The van der Waals surface area contributed by atoms with E-state index in [2.05, 4.69) is 9.05 Å². The highest BCUT2D eigenvalue weighted by Crippen LogP contribution is 2.82. The Morgan fingerprint density at radius 3 is 1.62 bits per heavy atom. The summed E-state index contributed by atoms with van der Waals surface area (Å²) in [5, 5.41) is 0. The van der Waals surface area contributed by atoms with E-state index in [4.69, 9.17) is 22.5 Å². The molecule has 0 bridgehead atoms. The SMILES string of the molecule is CCOP(=O)(Cl)SP(=O)(Cl)OCC. The van der Waals surface area contributed by atoms with Crippen LogP contribution in [-0.2, 0) is 18.2 Å². The van der Waals surface area contributed by atoms with Gasteiger partial charge in [-0.15, -0.1) is 0 Å². The van der Waals surface area contributed by atoms with Crippen LogP contribution in [0.4, 0.5) is 0 Å². The third-order valence-corrected chi connectivity index (χ3v) is 11.5. The van der Waals surface area contributed by atoms with Gasteiger partial charge in [0, 0.05) is 0 Å². The lowest BCUT2D eigenvalue weighted by Crippen LogP contribution is -1.82. The molecule has 0 aromatic heterocycles. The van der Waals surface area contributed by atoms with E-state index in [-0.39, 0.29) is 13.2 Å². The van der Waals surface area contributed by atoms with E-state index in [1.807, 2.05) is 0 Å². The van der Waals surface area contributed by atoms with Crippen molar-refractivity contribution >= 4 is 45.3 Å². The number of hydrogen-bond acceptors (Lipinski definition) is 5. The molecule has 0 rings (SSSR count). The van der Waals surface area contributed by atoms with E-state index in [0.29, 0.717) is 11.0 Å². The molecule has 0 aliphatic heterocycles. The van der Waals surface area contributed by atoms with Crippen molar-refractivity contribution in [3.8, 4) is 0 Å². The molecule has 80 valence electrons. The Bertz CT molecular complexity index is 224. The van der Waals surface area contributed by atoms with E-state index >= 15 is 0 Å². The molecule has 2 unspecified atom stereocenters. The van der Waals surface area contributed by atoms with Gasteiger partial charge in [0.05, 0.1) is 24.2 Å². The zero-order valence-electron chi connectivity index (χ0n) is 7.11. The van der Waals surface area contributed by atoms with Crippen LogP contribution in [0.5, 0.6) is 0 Å². The van der Waals surface area contributed by atoms with Crippen LogP contribution in [0, 0.1) is 0 Å². The van der Waals surface area contributed by atoms with Crippen molar-refractivity contribution in [1.82, 2.24) is 0 Å². The number of hydrogen-bond donors (Lipinski definition) is 0. The molecule has 0 aromatic rings. The predicted octanol–water partition coefficient (Wildman–Crippen LogP) is 4.49. The molecule has 0 saturated carbocycles. The van der Waals surface area contributed by atoms with E-state index in [9.17, 15) is 9.13 Å². The predicted molar refractivity (Wildman–Crippen MR) is 57.8 cm³/mol. The quantitative estimate of drug-likeness (QED) is 0.674. The van der Waals surface area contributed by atoms with Crippen molar-refractivity contribution < 1.29 is 18.2 Å².